The highest BCUT2D eigenvalue weighted by molar-refractivity contribution is 5.93. The SMILES string of the molecule is CCCCCNC(=O)n1ccc2ccc(N3CCNCC3)cc21. The van der Waals surface area contributed by atoms with E-state index >= 15 is 0 Å². The van der Waals surface area contributed by atoms with E-state index in [-0.39, 0.29) is 6.03 Å². The molecule has 23 heavy (non-hydrogen) atoms. The van der Waals surface area contributed by atoms with Gasteiger partial charge in [0.1, 0.15) is 0 Å². The minimum atomic E-state index is -0.0337. The lowest BCUT2D eigenvalue weighted by atomic mass is 10.2. The molecule has 1 saturated heterocycles. The Bertz CT molecular complexity index is 658. The number of piperazine rings is 1. The number of anilines is 1. The van der Waals surface area contributed by atoms with Crippen molar-refractivity contribution in [1.29, 1.82) is 0 Å². The fraction of sp³-hybridized carbons (Fsp3) is 0.500. The van der Waals surface area contributed by atoms with Crippen molar-refractivity contribution in [3.63, 3.8) is 0 Å². The van der Waals surface area contributed by atoms with Gasteiger partial charge in [0.05, 0.1) is 5.52 Å². The zero-order chi connectivity index (χ0) is 16.1. The van der Waals surface area contributed by atoms with E-state index < -0.39 is 0 Å². The van der Waals surface area contributed by atoms with E-state index in [4.69, 9.17) is 0 Å². The molecular weight excluding hydrogens is 288 g/mol. The second-order valence-corrected chi connectivity index (χ2v) is 6.10. The standard InChI is InChI=1S/C18H26N4O/c1-2-3-4-8-20-18(23)22-11-7-15-5-6-16(14-17(15)22)21-12-9-19-10-13-21/h5-7,11,14,19H,2-4,8-10,12-13H2,1H3,(H,20,23). The normalized spacial score (nSPS) is 15.1. The van der Waals surface area contributed by atoms with Gasteiger partial charge in [-0.05, 0) is 24.6 Å². The molecule has 1 aliphatic heterocycles. The molecule has 0 radical (unpaired) electrons. The van der Waals surface area contributed by atoms with Crippen molar-refractivity contribution in [3.05, 3.63) is 30.5 Å². The van der Waals surface area contributed by atoms with Crippen LogP contribution in [0.2, 0.25) is 0 Å². The van der Waals surface area contributed by atoms with E-state index in [1.807, 2.05) is 12.3 Å². The van der Waals surface area contributed by atoms with Gasteiger partial charge in [0.25, 0.3) is 0 Å². The van der Waals surface area contributed by atoms with Gasteiger partial charge >= 0.3 is 6.03 Å². The van der Waals surface area contributed by atoms with Crippen LogP contribution < -0.4 is 15.5 Å². The molecule has 2 aromatic rings. The van der Waals surface area contributed by atoms with Crippen LogP contribution in [0.4, 0.5) is 10.5 Å². The van der Waals surface area contributed by atoms with Crippen LogP contribution in [0.15, 0.2) is 30.5 Å². The summed E-state index contributed by atoms with van der Waals surface area (Å²) in [5.41, 5.74) is 2.17. The molecule has 0 atom stereocenters. The van der Waals surface area contributed by atoms with Gasteiger partial charge in [-0.25, -0.2) is 4.79 Å². The molecule has 0 unspecified atom stereocenters. The van der Waals surface area contributed by atoms with Crippen LogP contribution in [0.1, 0.15) is 26.2 Å². The number of fused-ring (bicyclic) bond motifs is 1. The Kier molecular flexibility index (Phi) is 5.18. The van der Waals surface area contributed by atoms with Gasteiger partial charge in [-0.15, -0.1) is 0 Å². The Morgan fingerprint density at radius 1 is 1.22 bits per heavy atom. The minimum absolute atomic E-state index is 0.0337. The first-order valence-electron chi connectivity index (χ1n) is 8.64. The lowest BCUT2D eigenvalue weighted by Crippen LogP contribution is -2.43. The lowest BCUT2D eigenvalue weighted by molar-refractivity contribution is 0.243. The van der Waals surface area contributed by atoms with Crippen LogP contribution in [0.25, 0.3) is 10.9 Å². The molecule has 124 valence electrons. The summed E-state index contributed by atoms with van der Waals surface area (Å²) in [6.45, 7) is 6.95. The molecule has 1 fully saturated rings. The monoisotopic (exact) mass is 314 g/mol. The summed E-state index contributed by atoms with van der Waals surface area (Å²) in [6.07, 6.45) is 5.21. The highest BCUT2D eigenvalue weighted by atomic mass is 16.2. The predicted octanol–water partition coefficient (Wildman–Crippen LogP) is 2.80. The van der Waals surface area contributed by atoms with Gasteiger partial charge in [-0.1, -0.05) is 25.8 Å². The number of unbranched alkanes of at least 4 members (excludes halogenated alkanes) is 2. The van der Waals surface area contributed by atoms with Crippen LogP contribution in [0, 0.1) is 0 Å². The van der Waals surface area contributed by atoms with Crippen LogP contribution in [0.5, 0.6) is 0 Å². The smallest absolute Gasteiger partial charge is 0.326 e. The third-order valence-electron chi connectivity index (χ3n) is 4.43. The van der Waals surface area contributed by atoms with Crippen molar-refractivity contribution in [3.8, 4) is 0 Å². The number of carbonyl (C=O) groups excluding carboxylic acids is 1. The number of rotatable bonds is 5. The molecule has 5 heteroatoms. The van der Waals surface area contributed by atoms with E-state index in [1.54, 1.807) is 4.57 Å². The van der Waals surface area contributed by atoms with E-state index in [1.165, 1.54) is 5.69 Å². The number of hydrogen-bond donors (Lipinski definition) is 2. The Morgan fingerprint density at radius 3 is 2.83 bits per heavy atom. The van der Waals surface area contributed by atoms with E-state index in [9.17, 15) is 4.79 Å². The molecule has 1 amide bonds. The zero-order valence-corrected chi connectivity index (χ0v) is 13.8. The summed E-state index contributed by atoms with van der Waals surface area (Å²) in [6, 6.07) is 8.35. The molecule has 0 saturated carbocycles. The Morgan fingerprint density at radius 2 is 2.04 bits per heavy atom. The van der Waals surface area contributed by atoms with Crippen LogP contribution in [0.3, 0.4) is 0 Å². The Labute approximate surface area is 137 Å². The second kappa shape index (κ2) is 7.51. The third-order valence-corrected chi connectivity index (χ3v) is 4.43. The molecule has 2 N–H and O–H groups in total. The maximum atomic E-state index is 12.4. The number of nitrogens with one attached hydrogen (secondary N) is 2. The first-order valence-corrected chi connectivity index (χ1v) is 8.64. The molecular formula is C18H26N4O. The van der Waals surface area contributed by atoms with E-state index in [0.717, 1.165) is 62.9 Å². The number of amides is 1. The molecule has 0 aliphatic carbocycles. The largest absolute Gasteiger partial charge is 0.369 e. The molecule has 1 aromatic heterocycles. The van der Waals surface area contributed by atoms with Crippen molar-refractivity contribution in [2.75, 3.05) is 37.6 Å². The van der Waals surface area contributed by atoms with E-state index in [0.29, 0.717) is 0 Å². The summed E-state index contributed by atoms with van der Waals surface area (Å²) >= 11 is 0. The predicted molar refractivity (Wildman–Crippen MR) is 95.3 cm³/mol. The summed E-state index contributed by atoms with van der Waals surface area (Å²) in [5.74, 6) is 0. The third kappa shape index (κ3) is 3.67. The topological polar surface area (TPSA) is 49.3 Å². The molecule has 2 heterocycles. The summed E-state index contributed by atoms with van der Waals surface area (Å²) in [5, 5.41) is 7.48. The van der Waals surface area contributed by atoms with Crippen molar-refractivity contribution in [1.82, 2.24) is 15.2 Å². The van der Waals surface area contributed by atoms with Crippen molar-refractivity contribution < 1.29 is 4.79 Å². The molecule has 0 bridgehead atoms. The highest BCUT2D eigenvalue weighted by Crippen LogP contribution is 2.23. The van der Waals surface area contributed by atoms with Crippen molar-refractivity contribution in [2.24, 2.45) is 0 Å². The molecule has 1 aliphatic rings. The average Bonchev–Trinajstić information content (AvgIpc) is 3.02. The van der Waals surface area contributed by atoms with Gasteiger partial charge in [0.15, 0.2) is 0 Å². The van der Waals surface area contributed by atoms with Gasteiger partial charge in [0, 0.05) is 50.0 Å². The fourth-order valence-corrected chi connectivity index (χ4v) is 3.07. The Hall–Kier alpha value is -2.01. The maximum absolute atomic E-state index is 12.4. The van der Waals surface area contributed by atoms with Gasteiger partial charge in [-0.3, -0.25) is 4.57 Å². The molecule has 1 aromatic carbocycles. The molecule has 3 rings (SSSR count). The van der Waals surface area contributed by atoms with Crippen molar-refractivity contribution in [2.45, 2.75) is 26.2 Å². The second-order valence-electron chi connectivity index (χ2n) is 6.10. The fourth-order valence-electron chi connectivity index (χ4n) is 3.07. The quantitative estimate of drug-likeness (QED) is 0.834. The van der Waals surface area contributed by atoms with Crippen LogP contribution in [-0.2, 0) is 0 Å². The number of hydrogen-bond acceptors (Lipinski definition) is 3. The summed E-state index contributed by atoms with van der Waals surface area (Å²) in [7, 11) is 0. The van der Waals surface area contributed by atoms with Gasteiger partial charge in [-0.2, -0.15) is 0 Å². The molecule has 5 nitrogen and oxygen atoms in total. The molecule has 0 spiro atoms. The first-order chi connectivity index (χ1) is 11.3. The highest BCUT2D eigenvalue weighted by Gasteiger charge is 2.13. The Balaban J connectivity index is 1.76. The van der Waals surface area contributed by atoms with Crippen molar-refractivity contribution >= 4 is 22.6 Å². The first kappa shape index (κ1) is 15.9. The number of nitrogens with zero attached hydrogens (tertiary/aromatic N) is 2. The number of benzene rings is 1. The van der Waals surface area contributed by atoms with Gasteiger partial charge < -0.3 is 15.5 Å². The maximum Gasteiger partial charge on any atom is 0.326 e. The number of carbonyl (C=O) groups is 1. The van der Waals surface area contributed by atoms with Crippen LogP contribution >= 0.6 is 0 Å². The van der Waals surface area contributed by atoms with E-state index in [2.05, 4.69) is 40.7 Å². The average molecular weight is 314 g/mol. The van der Waals surface area contributed by atoms with Crippen LogP contribution in [-0.4, -0.2) is 43.3 Å². The van der Waals surface area contributed by atoms with Gasteiger partial charge in [0.2, 0.25) is 0 Å². The summed E-state index contributed by atoms with van der Waals surface area (Å²) < 4.78 is 1.73. The zero-order valence-electron chi connectivity index (χ0n) is 13.8. The number of aromatic nitrogens is 1. The summed E-state index contributed by atoms with van der Waals surface area (Å²) in [4.78, 5) is 14.8. The minimum Gasteiger partial charge on any atom is -0.369 e. The lowest BCUT2D eigenvalue weighted by Gasteiger charge is -2.29.